The van der Waals surface area contributed by atoms with Crippen LogP contribution in [0.5, 0.6) is 0 Å². The van der Waals surface area contributed by atoms with E-state index in [2.05, 4.69) is 10.2 Å². The second-order valence-electron chi connectivity index (χ2n) is 5.17. The first-order valence-electron chi connectivity index (χ1n) is 7.01. The molecule has 1 aromatic carbocycles. The van der Waals surface area contributed by atoms with E-state index in [0.29, 0.717) is 17.8 Å². The molecule has 1 saturated heterocycles. The van der Waals surface area contributed by atoms with E-state index in [-0.39, 0.29) is 11.8 Å². The van der Waals surface area contributed by atoms with Crippen molar-refractivity contribution in [1.29, 1.82) is 0 Å². The molecule has 114 valence electrons. The van der Waals surface area contributed by atoms with E-state index in [4.69, 9.17) is 10.5 Å². The highest BCUT2D eigenvalue weighted by Crippen LogP contribution is 2.28. The standard InChI is InChI=1S/C15H21N3O3/c1-17-14(19)10-4-3-7-18(9-10)13-6-5-11(16)8-12(13)15(20)21-2/h5-6,8,10H,3-4,7,9,16H2,1-2H3,(H,17,19). The lowest BCUT2D eigenvalue weighted by Crippen LogP contribution is -2.42. The number of nitrogens with zero attached hydrogens (tertiary/aromatic N) is 1. The van der Waals surface area contributed by atoms with E-state index in [1.807, 2.05) is 6.07 Å². The highest BCUT2D eigenvalue weighted by molar-refractivity contribution is 5.97. The molecule has 0 saturated carbocycles. The van der Waals surface area contributed by atoms with Gasteiger partial charge in [0, 0.05) is 25.8 Å². The zero-order valence-electron chi connectivity index (χ0n) is 12.4. The Bertz CT molecular complexity index is 545. The van der Waals surface area contributed by atoms with Crippen LogP contribution in [0.3, 0.4) is 0 Å². The zero-order valence-corrected chi connectivity index (χ0v) is 12.4. The molecule has 1 atom stereocenters. The summed E-state index contributed by atoms with van der Waals surface area (Å²) in [5.74, 6) is -0.444. The van der Waals surface area contributed by atoms with Crippen molar-refractivity contribution in [3.63, 3.8) is 0 Å². The number of nitrogens with one attached hydrogen (secondary N) is 1. The van der Waals surface area contributed by atoms with Gasteiger partial charge in [-0.1, -0.05) is 0 Å². The van der Waals surface area contributed by atoms with E-state index < -0.39 is 5.97 Å². The summed E-state index contributed by atoms with van der Waals surface area (Å²) in [7, 11) is 2.99. The van der Waals surface area contributed by atoms with E-state index >= 15 is 0 Å². The van der Waals surface area contributed by atoms with E-state index in [9.17, 15) is 9.59 Å². The molecule has 0 bridgehead atoms. The fraction of sp³-hybridized carbons (Fsp3) is 0.467. The van der Waals surface area contributed by atoms with Crippen LogP contribution in [0.15, 0.2) is 18.2 Å². The van der Waals surface area contributed by atoms with E-state index in [0.717, 1.165) is 25.1 Å². The Balaban J connectivity index is 2.28. The summed E-state index contributed by atoms with van der Waals surface area (Å²) in [6, 6.07) is 5.18. The average molecular weight is 291 g/mol. The van der Waals surface area contributed by atoms with Gasteiger partial charge < -0.3 is 20.7 Å². The van der Waals surface area contributed by atoms with E-state index in [1.165, 1.54) is 7.11 Å². The zero-order chi connectivity index (χ0) is 15.4. The molecule has 1 heterocycles. The Labute approximate surface area is 124 Å². The summed E-state index contributed by atoms with van der Waals surface area (Å²) in [5.41, 5.74) is 7.48. The van der Waals surface area contributed by atoms with Crippen molar-refractivity contribution in [3.05, 3.63) is 23.8 Å². The van der Waals surface area contributed by atoms with Crippen LogP contribution in [0.4, 0.5) is 11.4 Å². The van der Waals surface area contributed by atoms with Gasteiger partial charge in [-0.25, -0.2) is 4.79 Å². The van der Waals surface area contributed by atoms with Crippen LogP contribution >= 0.6 is 0 Å². The van der Waals surface area contributed by atoms with Crippen molar-refractivity contribution in [3.8, 4) is 0 Å². The van der Waals surface area contributed by atoms with Gasteiger partial charge in [0.1, 0.15) is 0 Å². The molecular formula is C15H21N3O3. The number of methoxy groups -OCH3 is 1. The predicted octanol–water partition coefficient (Wildman–Crippen LogP) is 1.02. The molecule has 1 aliphatic rings. The Hall–Kier alpha value is -2.24. The lowest BCUT2D eigenvalue weighted by Gasteiger charge is -2.34. The number of ether oxygens (including phenoxy) is 1. The Morgan fingerprint density at radius 3 is 2.86 bits per heavy atom. The molecule has 0 radical (unpaired) electrons. The number of rotatable bonds is 3. The van der Waals surface area contributed by atoms with Gasteiger partial charge >= 0.3 is 5.97 Å². The first-order valence-corrected chi connectivity index (χ1v) is 7.01. The first-order chi connectivity index (χ1) is 10.1. The van der Waals surface area contributed by atoms with Crippen molar-refractivity contribution in [2.75, 3.05) is 37.9 Å². The van der Waals surface area contributed by atoms with Crippen LogP contribution in [-0.2, 0) is 9.53 Å². The highest BCUT2D eigenvalue weighted by atomic mass is 16.5. The smallest absolute Gasteiger partial charge is 0.340 e. The monoisotopic (exact) mass is 291 g/mol. The van der Waals surface area contributed by atoms with Crippen LogP contribution in [-0.4, -0.2) is 39.1 Å². The number of hydrogen-bond acceptors (Lipinski definition) is 5. The van der Waals surface area contributed by atoms with Crippen LogP contribution < -0.4 is 16.0 Å². The quantitative estimate of drug-likeness (QED) is 0.641. The maximum atomic E-state index is 11.9. The minimum Gasteiger partial charge on any atom is -0.465 e. The Morgan fingerprint density at radius 1 is 1.43 bits per heavy atom. The fourth-order valence-electron chi connectivity index (χ4n) is 2.72. The summed E-state index contributed by atoms with van der Waals surface area (Å²) in [4.78, 5) is 25.8. The van der Waals surface area contributed by atoms with Crippen LogP contribution in [0, 0.1) is 5.92 Å². The lowest BCUT2D eigenvalue weighted by molar-refractivity contribution is -0.124. The van der Waals surface area contributed by atoms with Crippen molar-refractivity contribution in [2.24, 2.45) is 5.92 Å². The topological polar surface area (TPSA) is 84.7 Å². The number of anilines is 2. The average Bonchev–Trinajstić information content (AvgIpc) is 2.53. The molecule has 0 spiro atoms. The lowest BCUT2D eigenvalue weighted by atomic mass is 9.96. The minimum atomic E-state index is -0.417. The summed E-state index contributed by atoms with van der Waals surface area (Å²) < 4.78 is 4.82. The number of carbonyl (C=O) groups is 2. The molecule has 1 amide bonds. The first kappa shape index (κ1) is 15.2. The fourth-order valence-corrected chi connectivity index (χ4v) is 2.72. The Kier molecular flexibility index (Phi) is 4.67. The van der Waals surface area contributed by atoms with E-state index in [1.54, 1.807) is 19.2 Å². The molecule has 3 N–H and O–H groups in total. The summed E-state index contributed by atoms with van der Waals surface area (Å²) >= 11 is 0. The third-order valence-corrected chi connectivity index (χ3v) is 3.81. The molecule has 1 fully saturated rings. The van der Waals surface area contributed by atoms with Gasteiger partial charge in [-0.3, -0.25) is 4.79 Å². The van der Waals surface area contributed by atoms with Gasteiger partial charge in [-0.15, -0.1) is 0 Å². The maximum absolute atomic E-state index is 11.9. The third kappa shape index (κ3) is 3.26. The van der Waals surface area contributed by atoms with Crippen molar-refractivity contribution in [1.82, 2.24) is 5.32 Å². The Morgan fingerprint density at radius 2 is 2.19 bits per heavy atom. The number of nitrogen functional groups attached to an aromatic ring is 1. The molecule has 6 nitrogen and oxygen atoms in total. The molecular weight excluding hydrogens is 270 g/mol. The highest BCUT2D eigenvalue weighted by Gasteiger charge is 2.27. The number of piperidine rings is 1. The van der Waals surface area contributed by atoms with Gasteiger partial charge in [0.2, 0.25) is 5.91 Å². The molecule has 0 aliphatic carbocycles. The second kappa shape index (κ2) is 6.47. The number of amides is 1. The number of benzene rings is 1. The third-order valence-electron chi connectivity index (χ3n) is 3.81. The number of hydrogen-bond donors (Lipinski definition) is 2. The molecule has 0 aromatic heterocycles. The van der Waals surface area contributed by atoms with Crippen molar-refractivity contribution in [2.45, 2.75) is 12.8 Å². The van der Waals surface area contributed by atoms with Crippen molar-refractivity contribution >= 4 is 23.3 Å². The minimum absolute atomic E-state index is 0.0368. The van der Waals surface area contributed by atoms with Gasteiger partial charge in [0.05, 0.1) is 24.3 Å². The predicted molar refractivity (Wildman–Crippen MR) is 81.2 cm³/mol. The molecule has 6 heteroatoms. The normalized spacial score (nSPS) is 18.2. The molecule has 21 heavy (non-hydrogen) atoms. The second-order valence-corrected chi connectivity index (χ2v) is 5.17. The van der Waals surface area contributed by atoms with Crippen LogP contribution in [0.2, 0.25) is 0 Å². The maximum Gasteiger partial charge on any atom is 0.340 e. The van der Waals surface area contributed by atoms with Gasteiger partial charge in [0.15, 0.2) is 0 Å². The number of nitrogens with two attached hydrogens (primary N) is 1. The summed E-state index contributed by atoms with van der Waals surface area (Å²) in [6.07, 6.45) is 1.77. The van der Waals surface area contributed by atoms with Gasteiger partial charge in [0.25, 0.3) is 0 Å². The molecule has 1 aliphatic heterocycles. The van der Waals surface area contributed by atoms with Gasteiger partial charge in [-0.2, -0.15) is 0 Å². The van der Waals surface area contributed by atoms with Crippen LogP contribution in [0.25, 0.3) is 0 Å². The van der Waals surface area contributed by atoms with Crippen molar-refractivity contribution < 1.29 is 14.3 Å². The number of carbonyl (C=O) groups excluding carboxylic acids is 2. The van der Waals surface area contributed by atoms with Crippen LogP contribution in [0.1, 0.15) is 23.2 Å². The summed E-state index contributed by atoms with van der Waals surface area (Å²) in [6.45, 7) is 1.40. The largest absolute Gasteiger partial charge is 0.465 e. The molecule has 1 unspecified atom stereocenters. The SMILES string of the molecule is CNC(=O)C1CCCN(c2ccc(N)cc2C(=O)OC)C1. The number of esters is 1. The van der Waals surface area contributed by atoms with Gasteiger partial charge in [-0.05, 0) is 31.0 Å². The molecule has 1 aromatic rings. The summed E-state index contributed by atoms with van der Waals surface area (Å²) in [5, 5.41) is 2.69. The molecule has 2 rings (SSSR count).